The normalized spacial score (nSPS) is 11.7. The Labute approximate surface area is 350 Å². The first kappa shape index (κ1) is 34.3. The molecule has 0 saturated carbocycles. The van der Waals surface area contributed by atoms with Gasteiger partial charge in [-0.3, -0.25) is 0 Å². The molecule has 12 rings (SSSR count). The Balaban J connectivity index is 1.11. The maximum atomic E-state index is 5.39. The summed E-state index contributed by atoms with van der Waals surface area (Å²) in [4.78, 5) is 16.1. The minimum absolute atomic E-state index is 0.619. The molecule has 0 N–H and O–H groups in total. The Kier molecular flexibility index (Phi) is 8.00. The highest BCUT2D eigenvalue weighted by Crippen LogP contribution is 2.42. The van der Waals surface area contributed by atoms with Gasteiger partial charge in [-0.25, -0.2) is 15.0 Å². The van der Waals surface area contributed by atoms with Crippen molar-refractivity contribution >= 4 is 64.1 Å². The van der Waals surface area contributed by atoms with Crippen molar-refractivity contribution in [2.45, 2.75) is 0 Å². The molecule has 4 nitrogen and oxygen atoms in total. The van der Waals surface area contributed by atoms with Crippen LogP contribution in [0.5, 0.6) is 0 Å². The third-order valence-electron chi connectivity index (χ3n) is 11.7. The lowest BCUT2D eigenvalue weighted by Gasteiger charge is -2.14. The van der Waals surface area contributed by atoms with Crippen LogP contribution in [-0.4, -0.2) is 19.5 Å². The molecule has 60 heavy (non-hydrogen) atoms. The van der Waals surface area contributed by atoms with Crippen molar-refractivity contribution in [2.75, 3.05) is 0 Å². The number of rotatable bonds is 6. The summed E-state index contributed by atoms with van der Waals surface area (Å²) in [5.74, 6) is 1.90. The van der Waals surface area contributed by atoms with Gasteiger partial charge in [0.2, 0.25) is 0 Å². The molecule has 3 aromatic heterocycles. The van der Waals surface area contributed by atoms with E-state index >= 15 is 0 Å². The summed E-state index contributed by atoms with van der Waals surface area (Å²) in [6.45, 7) is 0. The van der Waals surface area contributed by atoms with Crippen LogP contribution in [0.2, 0.25) is 0 Å². The zero-order valence-electron chi connectivity index (χ0n) is 32.3. The SMILES string of the molecule is c1ccc(-c2ccc3c4ccccc4n(-c4cccc(-c5nc(-c6cccc7cccc(-c8ccccc8)c67)nc(-c6cccc7sc8ccccc8c67)n5)c4)c3c2)cc1. The molecule has 0 spiro atoms. The Bertz CT molecular complexity index is 3600. The van der Waals surface area contributed by atoms with Gasteiger partial charge < -0.3 is 4.57 Å². The van der Waals surface area contributed by atoms with E-state index in [1.54, 1.807) is 11.3 Å². The van der Waals surface area contributed by atoms with Crippen molar-refractivity contribution in [3.05, 3.63) is 206 Å². The summed E-state index contributed by atoms with van der Waals surface area (Å²) in [5, 5.41) is 7.03. The minimum Gasteiger partial charge on any atom is -0.309 e. The molecule has 0 amide bonds. The van der Waals surface area contributed by atoms with Crippen molar-refractivity contribution < 1.29 is 0 Å². The fourth-order valence-corrected chi connectivity index (χ4v) is 10.1. The fraction of sp³-hybridized carbons (Fsp3) is 0. The van der Waals surface area contributed by atoms with Crippen LogP contribution in [0.3, 0.4) is 0 Å². The second-order valence-electron chi connectivity index (χ2n) is 15.2. The van der Waals surface area contributed by atoms with Gasteiger partial charge in [-0.15, -0.1) is 11.3 Å². The van der Waals surface area contributed by atoms with E-state index in [0.717, 1.165) is 60.7 Å². The van der Waals surface area contributed by atoms with E-state index in [1.807, 2.05) is 0 Å². The predicted octanol–water partition coefficient (Wildman–Crippen LogP) is 14.8. The summed E-state index contributed by atoms with van der Waals surface area (Å²) in [6.07, 6.45) is 0. The van der Waals surface area contributed by atoms with E-state index in [4.69, 9.17) is 15.0 Å². The van der Waals surface area contributed by atoms with E-state index in [2.05, 4.69) is 211 Å². The Morgan fingerprint density at radius 2 is 0.917 bits per heavy atom. The monoisotopic (exact) mass is 782 g/mol. The van der Waals surface area contributed by atoms with E-state index < -0.39 is 0 Å². The Hall–Kier alpha value is -7.73. The summed E-state index contributed by atoms with van der Waals surface area (Å²) < 4.78 is 4.82. The van der Waals surface area contributed by atoms with Gasteiger partial charge in [0.15, 0.2) is 17.5 Å². The fourth-order valence-electron chi connectivity index (χ4n) is 8.94. The van der Waals surface area contributed by atoms with E-state index in [-0.39, 0.29) is 0 Å². The van der Waals surface area contributed by atoms with Gasteiger partial charge in [-0.2, -0.15) is 0 Å². The Morgan fingerprint density at radius 1 is 0.333 bits per heavy atom. The second kappa shape index (κ2) is 14.0. The van der Waals surface area contributed by atoms with Gasteiger partial charge in [0, 0.05) is 58.7 Å². The van der Waals surface area contributed by atoms with Crippen molar-refractivity contribution in [3.63, 3.8) is 0 Å². The Morgan fingerprint density at radius 3 is 1.72 bits per heavy atom. The molecule has 0 aliphatic rings. The lowest BCUT2D eigenvalue weighted by Crippen LogP contribution is -2.02. The molecule has 0 saturated heterocycles. The predicted molar refractivity (Wildman–Crippen MR) is 252 cm³/mol. The summed E-state index contributed by atoms with van der Waals surface area (Å²) in [7, 11) is 0. The largest absolute Gasteiger partial charge is 0.309 e. The first-order valence-electron chi connectivity index (χ1n) is 20.2. The molecule has 0 fully saturated rings. The zero-order valence-corrected chi connectivity index (χ0v) is 33.1. The number of thiophene rings is 1. The van der Waals surface area contributed by atoms with Gasteiger partial charge in [-0.1, -0.05) is 170 Å². The lowest BCUT2D eigenvalue weighted by atomic mass is 9.94. The quantitative estimate of drug-likeness (QED) is 0.169. The number of fused-ring (bicyclic) bond motifs is 7. The van der Waals surface area contributed by atoms with E-state index in [9.17, 15) is 0 Å². The van der Waals surface area contributed by atoms with Crippen LogP contribution in [0.4, 0.5) is 0 Å². The van der Waals surface area contributed by atoms with Crippen LogP contribution in [0.25, 0.3) is 115 Å². The molecule has 12 aromatic rings. The maximum Gasteiger partial charge on any atom is 0.164 e. The standard InChI is InChI=1S/C55H34N4S/c1-3-15-35(16-4-1)38-31-32-43-42-23-7-9-28-47(42)59(48(43)34-38)40-22-11-21-39(33-40)53-56-54(45-26-13-20-37-19-12-25-41(51(37)45)36-17-5-2-6-18-36)58-55(57-53)46-27-14-30-50-52(46)44-24-8-10-29-49(44)60-50/h1-34H. The van der Waals surface area contributed by atoms with Gasteiger partial charge in [-0.05, 0) is 64.0 Å². The maximum absolute atomic E-state index is 5.39. The second-order valence-corrected chi connectivity index (χ2v) is 16.2. The molecule has 0 aliphatic heterocycles. The number of benzene rings is 9. The zero-order chi connectivity index (χ0) is 39.6. The number of hydrogen-bond donors (Lipinski definition) is 0. The summed E-state index contributed by atoms with van der Waals surface area (Å²) >= 11 is 1.80. The molecular formula is C55H34N4S. The van der Waals surface area contributed by atoms with Crippen LogP contribution in [0, 0.1) is 0 Å². The van der Waals surface area contributed by atoms with Gasteiger partial charge >= 0.3 is 0 Å². The third-order valence-corrected chi connectivity index (χ3v) is 12.8. The molecule has 280 valence electrons. The summed E-state index contributed by atoms with van der Waals surface area (Å²) in [6, 6.07) is 73.3. The molecule has 3 heterocycles. The molecule has 9 aromatic carbocycles. The van der Waals surface area contributed by atoms with E-state index in [0.29, 0.717) is 17.5 Å². The third kappa shape index (κ3) is 5.63. The number of para-hydroxylation sites is 1. The van der Waals surface area contributed by atoms with Crippen molar-refractivity contribution in [2.24, 2.45) is 0 Å². The molecule has 5 heteroatoms. The van der Waals surface area contributed by atoms with Crippen LogP contribution in [-0.2, 0) is 0 Å². The highest BCUT2D eigenvalue weighted by atomic mass is 32.1. The molecule has 0 radical (unpaired) electrons. The number of hydrogen-bond acceptors (Lipinski definition) is 4. The first-order chi connectivity index (χ1) is 29.7. The van der Waals surface area contributed by atoms with Crippen molar-refractivity contribution in [3.8, 4) is 62.1 Å². The van der Waals surface area contributed by atoms with Gasteiger partial charge in [0.1, 0.15) is 0 Å². The average molecular weight is 783 g/mol. The smallest absolute Gasteiger partial charge is 0.164 e. The van der Waals surface area contributed by atoms with Crippen molar-refractivity contribution in [1.29, 1.82) is 0 Å². The van der Waals surface area contributed by atoms with Crippen LogP contribution < -0.4 is 0 Å². The topological polar surface area (TPSA) is 43.6 Å². The molecule has 0 unspecified atom stereocenters. The average Bonchev–Trinajstić information content (AvgIpc) is 3.87. The van der Waals surface area contributed by atoms with E-state index in [1.165, 1.54) is 36.7 Å². The van der Waals surface area contributed by atoms with Crippen LogP contribution >= 0.6 is 11.3 Å². The van der Waals surface area contributed by atoms with Crippen LogP contribution in [0.15, 0.2) is 206 Å². The van der Waals surface area contributed by atoms with Crippen molar-refractivity contribution in [1.82, 2.24) is 19.5 Å². The number of nitrogens with zero attached hydrogens (tertiary/aromatic N) is 4. The summed E-state index contributed by atoms with van der Waals surface area (Å²) in [5.41, 5.74) is 10.8. The minimum atomic E-state index is 0.619. The molecule has 0 aliphatic carbocycles. The molecule has 0 bridgehead atoms. The van der Waals surface area contributed by atoms with Gasteiger partial charge in [0.05, 0.1) is 11.0 Å². The molecular weight excluding hydrogens is 749 g/mol. The highest BCUT2D eigenvalue weighted by molar-refractivity contribution is 7.25. The first-order valence-corrected chi connectivity index (χ1v) is 21.0. The van der Waals surface area contributed by atoms with Crippen LogP contribution in [0.1, 0.15) is 0 Å². The van der Waals surface area contributed by atoms with Gasteiger partial charge in [0.25, 0.3) is 0 Å². The lowest BCUT2D eigenvalue weighted by molar-refractivity contribution is 1.08. The molecule has 0 atom stereocenters. The highest BCUT2D eigenvalue weighted by Gasteiger charge is 2.20. The number of aromatic nitrogens is 4.